The molecule has 1 aromatic rings. The van der Waals surface area contributed by atoms with Crippen LogP contribution in [0.1, 0.15) is 23.3 Å². The van der Waals surface area contributed by atoms with Gasteiger partial charge in [0.15, 0.2) is 0 Å². The molecule has 0 unspecified atom stereocenters. The van der Waals surface area contributed by atoms with E-state index < -0.39 is 12.0 Å². The van der Waals surface area contributed by atoms with Gasteiger partial charge in [-0.25, -0.2) is 4.79 Å². The van der Waals surface area contributed by atoms with E-state index in [2.05, 4.69) is 0 Å². The van der Waals surface area contributed by atoms with Gasteiger partial charge in [-0.2, -0.15) is 0 Å². The second-order valence-electron chi connectivity index (χ2n) is 4.22. The molecule has 0 aliphatic carbocycles. The lowest BCUT2D eigenvalue weighted by atomic mass is 10.2. The van der Waals surface area contributed by atoms with Crippen LogP contribution >= 0.6 is 23.2 Å². The van der Waals surface area contributed by atoms with E-state index in [1.54, 1.807) is 7.05 Å². The van der Waals surface area contributed by atoms with Crippen molar-refractivity contribution in [3.63, 3.8) is 0 Å². The molecule has 1 fully saturated rings. The molecule has 1 saturated heterocycles. The Labute approximate surface area is 114 Å². The zero-order valence-corrected chi connectivity index (χ0v) is 11.2. The summed E-state index contributed by atoms with van der Waals surface area (Å²) in [6.45, 7) is 0.441. The van der Waals surface area contributed by atoms with Gasteiger partial charge < -0.3 is 14.6 Å². The molecular weight excluding hydrogens is 279 g/mol. The van der Waals surface area contributed by atoms with Gasteiger partial charge in [-0.05, 0) is 18.9 Å². The number of carbonyl (C=O) groups excluding carboxylic acids is 1. The fourth-order valence-electron chi connectivity index (χ4n) is 2.16. The third-order valence-corrected chi connectivity index (χ3v) is 3.98. The highest BCUT2D eigenvalue weighted by Crippen LogP contribution is 2.28. The first kappa shape index (κ1) is 13.2. The summed E-state index contributed by atoms with van der Waals surface area (Å²) >= 11 is 11.7. The van der Waals surface area contributed by atoms with Crippen molar-refractivity contribution in [2.24, 2.45) is 7.05 Å². The highest BCUT2D eigenvalue weighted by molar-refractivity contribution is 6.41. The molecule has 1 amide bonds. The summed E-state index contributed by atoms with van der Waals surface area (Å²) in [6, 6.07) is 0.702. The Hall–Kier alpha value is -1.20. The molecule has 0 aromatic carbocycles. The van der Waals surface area contributed by atoms with Gasteiger partial charge in [0.1, 0.15) is 16.9 Å². The number of likely N-dealkylation sites (tertiary alicyclic amines) is 1. The smallest absolute Gasteiger partial charge is 0.326 e. The van der Waals surface area contributed by atoms with Crippen LogP contribution in [0.3, 0.4) is 0 Å². The molecule has 1 aromatic heterocycles. The van der Waals surface area contributed by atoms with Crippen molar-refractivity contribution in [1.29, 1.82) is 0 Å². The van der Waals surface area contributed by atoms with Crippen molar-refractivity contribution in [2.45, 2.75) is 18.9 Å². The second-order valence-corrected chi connectivity index (χ2v) is 4.99. The molecule has 5 nitrogen and oxygen atoms in total. The third-order valence-electron chi connectivity index (χ3n) is 3.13. The molecule has 2 heterocycles. The molecule has 1 atom stereocenters. The van der Waals surface area contributed by atoms with Crippen molar-refractivity contribution >= 4 is 35.1 Å². The van der Waals surface area contributed by atoms with E-state index in [0.29, 0.717) is 25.1 Å². The van der Waals surface area contributed by atoms with E-state index in [-0.39, 0.29) is 16.1 Å². The Kier molecular flexibility index (Phi) is 3.54. The van der Waals surface area contributed by atoms with Gasteiger partial charge in [-0.3, -0.25) is 4.79 Å². The van der Waals surface area contributed by atoms with Gasteiger partial charge in [-0.1, -0.05) is 23.2 Å². The van der Waals surface area contributed by atoms with Gasteiger partial charge in [0.05, 0.1) is 5.02 Å². The van der Waals surface area contributed by atoms with Gasteiger partial charge in [0.25, 0.3) is 5.91 Å². The minimum Gasteiger partial charge on any atom is -0.480 e. The zero-order chi connectivity index (χ0) is 13.4. The lowest BCUT2D eigenvalue weighted by Crippen LogP contribution is -2.41. The van der Waals surface area contributed by atoms with Crippen LogP contribution < -0.4 is 0 Å². The second kappa shape index (κ2) is 4.82. The van der Waals surface area contributed by atoms with E-state index in [1.165, 1.54) is 15.5 Å². The van der Waals surface area contributed by atoms with E-state index >= 15 is 0 Å². The molecule has 2 rings (SSSR count). The fourth-order valence-corrected chi connectivity index (χ4v) is 2.54. The summed E-state index contributed by atoms with van der Waals surface area (Å²) in [5.41, 5.74) is 0.304. The van der Waals surface area contributed by atoms with Crippen molar-refractivity contribution in [1.82, 2.24) is 9.47 Å². The van der Waals surface area contributed by atoms with Gasteiger partial charge in [0, 0.05) is 13.6 Å². The number of halogens is 2. The molecule has 7 heteroatoms. The summed E-state index contributed by atoms with van der Waals surface area (Å²) in [4.78, 5) is 24.7. The predicted molar refractivity (Wildman–Crippen MR) is 67.1 cm³/mol. The van der Waals surface area contributed by atoms with E-state index in [9.17, 15) is 9.59 Å². The van der Waals surface area contributed by atoms with Gasteiger partial charge >= 0.3 is 5.97 Å². The van der Waals surface area contributed by atoms with Crippen LogP contribution in [0, 0.1) is 0 Å². The summed E-state index contributed by atoms with van der Waals surface area (Å²) < 4.78 is 1.46. The largest absolute Gasteiger partial charge is 0.480 e. The predicted octanol–water partition coefficient (Wildman–Crippen LogP) is 2.02. The average Bonchev–Trinajstić information content (AvgIpc) is 2.89. The van der Waals surface area contributed by atoms with Crippen LogP contribution in [0.2, 0.25) is 10.2 Å². The number of rotatable bonds is 2. The van der Waals surface area contributed by atoms with Crippen molar-refractivity contribution < 1.29 is 14.7 Å². The number of nitrogens with zero attached hydrogens (tertiary/aromatic N) is 2. The Morgan fingerprint density at radius 3 is 2.61 bits per heavy atom. The van der Waals surface area contributed by atoms with Crippen molar-refractivity contribution in [3.8, 4) is 0 Å². The SMILES string of the molecule is Cn1c(C(=O)N2CCC[C@@H]2C(=O)O)cc(Cl)c1Cl. The molecule has 0 spiro atoms. The maximum atomic E-state index is 12.3. The monoisotopic (exact) mass is 290 g/mol. The van der Waals surface area contributed by atoms with Crippen molar-refractivity contribution in [2.75, 3.05) is 6.54 Å². The molecule has 0 saturated carbocycles. The number of carboxylic acid groups (broad SMARTS) is 1. The Balaban J connectivity index is 2.31. The maximum absolute atomic E-state index is 12.3. The Morgan fingerprint density at radius 2 is 2.11 bits per heavy atom. The van der Waals surface area contributed by atoms with E-state index in [4.69, 9.17) is 28.3 Å². The van der Waals surface area contributed by atoms with Gasteiger partial charge in [0.2, 0.25) is 0 Å². The number of aromatic nitrogens is 1. The molecule has 0 radical (unpaired) electrons. The lowest BCUT2D eigenvalue weighted by molar-refractivity contribution is -0.141. The fraction of sp³-hybridized carbons (Fsp3) is 0.455. The number of carbonyl (C=O) groups is 2. The van der Waals surface area contributed by atoms with Crippen LogP contribution in [-0.4, -0.2) is 39.0 Å². The molecular formula is C11H12Cl2N2O3. The number of aliphatic carboxylic acids is 1. The van der Waals surface area contributed by atoms with E-state index in [1.807, 2.05) is 0 Å². The van der Waals surface area contributed by atoms with Crippen LogP contribution in [0.5, 0.6) is 0 Å². The number of carboxylic acids is 1. The number of amides is 1. The number of hydrogen-bond donors (Lipinski definition) is 1. The van der Waals surface area contributed by atoms with E-state index in [0.717, 1.165) is 0 Å². The lowest BCUT2D eigenvalue weighted by Gasteiger charge is -2.21. The summed E-state index contributed by atoms with van der Waals surface area (Å²) in [5.74, 6) is -1.33. The highest BCUT2D eigenvalue weighted by Gasteiger charge is 2.35. The quantitative estimate of drug-likeness (QED) is 0.906. The maximum Gasteiger partial charge on any atom is 0.326 e. The topological polar surface area (TPSA) is 62.5 Å². The standard InChI is InChI=1S/C11H12Cl2N2O3/c1-14-8(5-6(12)9(14)13)10(16)15-4-2-3-7(15)11(17)18/h5,7H,2-4H2,1H3,(H,17,18)/t7-/m1/s1. The normalized spacial score (nSPS) is 19.3. The highest BCUT2D eigenvalue weighted by atomic mass is 35.5. The molecule has 0 bridgehead atoms. The first-order valence-electron chi connectivity index (χ1n) is 5.48. The summed E-state index contributed by atoms with van der Waals surface area (Å²) in [7, 11) is 1.62. The van der Waals surface area contributed by atoms with Crippen LogP contribution in [0.4, 0.5) is 0 Å². The summed E-state index contributed by atoms with van der Waals surface area (Å²) in [6.07, 6.45) is 1.17. The van der Waals surface area contributed by atoms with Crippen molar-refractivity contribution in [3.05, 3.63) is 21.9 Å². The summed E-state index contributed by atoms with van der Waals surface area (Å²) in [5, 5.41) is 9.61. The number of hydrogen-bond acceptors (Lipinski definition) is 2. The Morgan fingerprint density at radius 1 is 1.44 bits per heavy atom. The molecule has 1 aliphatic rings. The average molecular weight is 291 g/mol. The Bertz CT molecular complexity index is 513. The van der Waals surface area contributed by atoms with Crippen LogP contribution in [0.25, 0.3) is 0 Å². The molecule has 1 aliphatic heterocycles. The zero-order valence-electron chi connectivity index (χ0n) is 9.69. The minimum atomic E-state index is -0.979. The molecule has 1 N–H and O–H groups in total. The molecule has 98 valence electrons. The first-order chi connectivity index (χ1) is 8.43. The van der Waals surface area contributed by atoms with Crippen LogP contribution in [-0.2, 0) is 11.8 Å². The van der Waals surface area contributed by atoms with Crippen LogP contribution in [0.15, 0.2) is 6.07 Å². The minimum absolute atomic E-state index is 0.270. The third kappa shape index (κ3) is 2.08. The molecule has 18 heavy (non-hydrogen) atoms. The first-order valence-corrected chi connectivity index (χ1v) is 6.23. The van der Waals surface area contributed by atoms with Gasteiger partial charge in [-0.15, -0.1) is 0 Å².